The molecule has 0 aromatic heterocycles. The molecule has 0 heterocycles. The van der Waals surface area contributed by atoms with Crippen molar-refractivity contribution >= 4 is 50.1 Å². The van der Waals surface area contributed by atoms with E-state index >= 15 is 0 Å². The average Bonchev–Trinajstić information content (AvgIpc) is 1.84. The fourth-order valence-electron chi connectivity index (χ4n) is 0.512. The van der Waals surface area contributed by atoms with Crippen LogP contribution in [-0.2, 0) is 0 Å². The third kappa shape index (κ3) is 1.77. The van der Waals surface area contributed by atoms with E-state index < -0.39 is 0 Å². The van der Waals surface area contributed by atoms with Crippen LogP contribution in [0, 0.1) is 3.57 Å². The van der Waals surface area contributed by atoms with Crippen molar-refractivity contribution in [3.63, 3.8) is 0 Å². The molecule has 0 radical (unpaired) electrons. The van der Waals surface area contributed by atoms with Crippen LogP contribution in [-0.4, -0.2) is 5.11 Å². The van der Waals surface area contributed by atoms with E-state index in [1.165, 1.54) is 0 Å². The van der Waals surface area contributed by atoms with Gasteiger partial charge < -0.3 is 5.11 Å². The molecule has 0 fully saturated rings. The summed E-state index contributed by atoms with van der Waals surface area (Å²) < 4.78 is 1.47. The molecule has 0 unspecified atom stereocenters. The van der Waals surface area contributed by atoms with Crippen molar-refractivity contribution in [3.8, 4) is 5.75 Å². The molecular formula is C6H3BrClIO. The first-order valence-electron chi connectivity index (χ1n) is 2.45. The fraction of sp³-hybridized carbons (Fsp3) is 0. The number of phenolic OH excluding ortho intramolecular Hbond substituents is 1. The molecule has 0 saturated carbocycles. The third-order valence-corrected chi connectivity index (χ3v) is 3.05. The van der Waals surface area contributed by atoms with Gasteiger partial charge in [0.25, 0.3) is 0 Å². The summed E-state index contributed by atoms with van der Waals surface area (Å²) in [6.07, 6.45) is 0. The van der Waals surface area contributed by atoms with Crippen LogP contribution in [0.3, 0.4) is 0 Å². The molecule has 0 amide bonds. The van der Waals surface area contributed by atoms with Crippen molar-refractivity contribution in [1.82, 2.24) is 0 Å². The Morgan fingerprint density at radius 3 is 2.60 bits per heavy atom. The summed E-state index contributed by atoms with van der Waals surface area (Å²) in [7, 11) is 0. The van der Waals surface area contributed by atoms with E-state index in [1.807, 2.05) is 22.6 Å². The Labute approximate surface area is 85.7 Å². The summed E-state index contributed by atoms with van der Waals surface area (Å²) >= 11 is 10.9. The van der Waals surface area contributed by atoms with Gasteiger partial charge in [-0.15, -0.1) is 0 Å². The zero-order valence-electron chi connectivity index (χ0n) is 4.74. The average molecular weight is 333 g/mol. The number of rotatable bonds is 0. The Balaban J connectivity index is 3.28. The van der Waals surface area contributed by atoms with Crippen molar-refractivity contribution in [1.29, 1.82) is 0 Å². The minimum atomic E-state index is 0.247. The minimum Gasteiger partial charge on any atom is -0.507 e. The molecule has 54 valence electrons. The van der Waals surface area contributed by atoms with E-state index in [-0.39, 0.29) is 5.75 Å². The van der Waals surface area contributed by atoms with E-state index in [0.29, 0.717) is 9.50 Å². The lowest BCUT2D eigenvalue weighted by atomic mass is 10.3. The standard InChI is InChI=1S/C6H3BrClIO/c7-3-1-6(10)5(9)2-4(3)8/h1-2,10H. The number of phenols is 1. The summed E-state index contributed by atoms with van der Waals surface area (Å²) in [4.78, 5) is 0. The van der Waals surface area contributed by atoms with Crippen molar-refractivity contribution in [2.24, 2.45) is 0 Å². The lowest BCUT2D eigenvalue weighted by Crippen LogP contribution is -1.74. The maximum atomic E-state index is 9.13. The predicted octanol–water partition coefficient (Wildman–Crippen LogP) is 3.41. The van der Waals surface area contributed by atoms with Crippen LogP contribution >= 0.6 is 50.1 Å². The molecule has 0 spiro atoms. The maximum absolute atomic E-state index is 9.13. The quantitative estimate of drug-likeness (QED) is 0.570. The molecule has 4 heteroatoms. The molecule has 1 rings (SSSR count). The summed E-state index contributed by atoms with van der Waals surface area (Å²) in [6, 6.07) is 3.27. The highest BCUT2D eigenvalue weighted by Crippen LogP contribution is 2.30. The van der Waals surface area contributed by atoms with Gasteiger partial charge >= 0.3 is 0 Å². The number of benzene rings is 1. The molecule has 1 aromatic rings. The van der Waals surface area contributed by atoms with Crippen molar-refractivity contribution < 1.29 is 5.11 Å². The predicted molar refractivity (Wildman–Crippen MR) is 53.5 cm³/mol. The summed E-state index contributed by atoms with van der Waals surface area (Å²) in [5, 5.41) is 9.74. The number of halogens is 3. The first-order valence-corrected chi connectivity index (χ1v) is 4.69. The number of aromatic hydroxyl groups is 1. The van der Waals surface area contributed by atoms with Gasteiger partial charge in [0.1, 0.15) is 5.75 Å². The molecule has 0 saturated heterocycles. The molecule has 0 aliphatic rings. The molecule has 0 bridgehead atoms. The third-order valence-electron chi connectivity index (χ3n) is 0.990. The van der Waals surface area contributed by atoms with Crippen LogP contribution in [0.25, 0.3) is 0 Å². The highest BCUT2D eigenvalue weighted by atomic mass is 127. The fourth-order valence-corrected chi connectivity index (χ4v) is 1.66. The largest absolute Gasteiger partial charge is 0.507 e. The van der Waals surface area contributed by atoms with Gasteiger partial charge in [-0.3, -0.25) is 0 Å². The molecule has 10 heavy (non-hydrogen) atoms. The normalized spacial score (nSPS) is 9.90. The monoisotopic (exact) mass is 332 g/mol. The molecule has 1 N–H and O–H groups in total. The van der Waals surface area contributed by atoms with E-state index in [4.69, 9.17) is 16.7 Å². The van der Waals surface area contributed by atoms with E-state index in [2.05, 4.69) is 15.9 Å². The van der Waals surface area contributed by atoms with Crippen molar-refractivity contribution in [2.75, 3.05) is 0 Å². The SMILES string of the molecule is Oc1cc(Br)c(Cl)cc1I. The Hall–Kier alpha value is 0.520. The van der Waals surface area contributed by atoms with Crippen LogP contribution in [0.1, 0.15) is 0 Å². The van der Waals surface area contributed by atoms with Crippen LogP contribution in [0.5, 0.6) is 5.75 Å². The van der Waals surface area contributed by atoms with Gasteiger partial charge in [0.2, 0.25) is 0 Å². The Morgan fingerprint density at radius 1 is 1.50 bits per heavy atom. The van der Waals surface area contributed by atoms with Gasteiger partial charge in [-0.25, -0.2) is 0 Å². The number of hydrogen-bond acceptors (Lipinski definition) is 1. The van der Waals surface area contributed by atoms with Gasteiger partial charge in [-0.1, -0.05) is 11.6 Å². The van der Waals surface area contributed by atoms with Crippen LogP contribution in [0.2, 0.25) is 5.02 Å². The van der Waals surface area contributed by atoms with Crippen LogP contribution in [0.15, 0.2) is 16.6 Å². The topological polar surface area (TPSA) is 20.2 Å². The van der Waals surface area contributed by atoms with Gasteiger partial charge in [-0.05, 0) is 50.7 Å². The first kappa shape index (κ1) is 8.62. The summed E-state index contributed by atoms with van der Waals surface area (Å²) in [5.41, 5.74) is 0. The smallest absolute Gasteiger partial charge is 0.130 e. The highest BCUT2D eigenvalue weighted by Gasteiger charge is 2.01. The Kier molecular flexibility index (Phi) is 2.82. The second kappa shape index (κ2) is 3.28. The van der Waals surface area contributed by atoms with Crippen LogP contribution in [0.4, 0.5) is 0 Å². The summed E-state index contributed by atoms with van der Waals surface area (Å²) in [6.45, 7) is 0. The zero-order chi connectivity index (χ0) is 7.72. The summed E-state index contributed by atoms with van der Waals surface area (Å²) in [5.74, 6) is 0.247. The lowest BCUT2D eigenvalue weighted by Gasteiger charge is -1.98. The molecule has 1 aromatic carbocycles. The van der Waals surface area contributed by atoms with E-state index in [0.717, 1.165) is 3.57 Å². The maximum Gasteiger partial charge on any atom is 0.130 e. The Morgan fingerprint density at radius 2 is 2.10 bits per heavy atom. The first-order chi connectivity index (χ1) is 4.61. The van der Waals surface area contributed by atoms with Crippen LogP contribution < -0.4 is 0 Å². The van der Waals surface area contributed by atoms with Gasteiger partial charge in [0.05, 0.1) is 8.59 Å². The Bertz CT molecular complexity index is 214. The van der Waals surface area contributed by atoms with E-state index in [1.54, 1.807) is 12.1 Å². The minimum absolute atomic E-state index is 0.247. The van der Waals surface area contributed by atoms with Gasteiger partial charge in [0.15, 0.2) is 0 Å². The second-order valence-electron chi connectivity index (χ2n) is 1.72. The van der Waals surface area contributed by atoms with Crippen molar-refractivity contribution in [3.05, 3.63) is 25.2 Å². The molecule has 0 atom stereocenters. The second-order valence-corrected chi connectivity index (χ2v) is 4.14. The zero-order valence-corrected chi connectivity index (χ0v) is 9.24. The van der Waals surface area contributed by atoms with Gasteiger partial charge in [-0.2, -0.15) is 0 Å². The van der Waals surface area contributed by atoms with Gasteiger partial charge in [0, 0.05) is 4.47 Å². The number of hydrogen-bond donors (Lipinski definition) is 1. The molecule has 0 aliphatic carbocycles. The lowest BCUT2D eigenvalue weighted by molar-refractivity contribution is 0.471. The molecule has 1 nitrogen and oxygen atoms in total. The molecular weight excluding hydrogens is 330 g/mol. The van der Waals surface area contributed by atoms with E-state index in [9.17, 15) is 0 Å². The van der Waals surface area contributed by atoms with Crippen molar-refractivity contribution in [2.45, 2.75) is 0 Å². The highest BCUT2D eigenvalue weighted by molar-refractivity contribution is 14.1. The molecule has 0 aliphatic heterocycles.